The van der Waals surface area contributed by atoms with E-state index in [1.165, 1.54) is 30.5 Å². The number of amides is 6. The van der Waals surface area contributed by atoms with Crippen molar-refractivity contribution in [2.75, 3.05) is 25.1 Å². The molecule has 0 unspecified atom stereocenters. The molecule has 0 aliphatic carbocycles. The molecule has 0 spiro atoms. The topological polar surface area (TPSA) is 175 Å². The van der Waals surface area contributed by atoms with E-state index in [-0.39, 0.29) is 30.9 Å². The van der Waals surface area contributed by atoms with Crippen molar-refractivity contribution in [3.8, 4) is 11.5 Å². The van der Waals surface area contributed by atoms with E-state index >= 15 is 0 Å². The molecule has 288 valence electrons. The highest BCUT2D eigenvalue weighted by atomic mass is 32.2. The fraction of sp³-hybridized carbons (Fsp3) is 0.400. The first kappa shape index (κ1) is 41.4. The molecule has 4 rings (SSSR count). The number of hydrogen-bond acceptors (Lipinski definition) is 8. The molecule has 54 heavy (non-hydrogen) atoms. The van der Waals surface area contributed by atoms with Crippen molar-refractivity contribution in [1.82, 2.24) is 31.5 Å². The molecule has 0 aromatic heterocycles. The Morgan fingerprint density at radius 3 is 2.06 bits per heavy atom. The van der Waals surface area contributed by atoms with Crippen LogP contribution in [0.25, 0.3) is 0 Å². The molecule has 0 radical (unpaired) electrons. The Morgan fingerprint density at radius 2 is 1.39 bits per heavy atom. The number of carbonyl (C=O) groups excluding carboxylic acids is 6. The van der Waals surface area contributed by atoms with Gasteiger partial charge in [0.05, 0.1) is 12.6 Å². The van der Waals surface area contributed by atoms with Gasteiger partial charge < -0.3 is 36.2 Å². The maximum Gasteiger partial charge on any atom is 0.254 e. The molecule has 5 atom stereocenters. The summed E-state index contributed by atoms with van der Waals surface area (Å²) < 4.78 is 5.96. The number of benzene rings is 3. The van der Waals surface area contributed by atoms with E-state index in [4.69, 9.17) is 4.74 Å². The number of rotatable bonds is 9. The number of thioether (sulfide) groups is 1. The lowest BCUT2D eigenvalue weighted by Gasteiger charge is -2.31. The predicted molar refractivity (Wildman–Crippen MR) is 208 cm³/mol. The first-order valence-electron chi connectivity index (χ1n) is 18.0. The summed E-state index contributed by atoms with van der Waals surface area (Å²) in [7, 11) is 0. The van der Waals surface area contributed by atoms with Crippen molar-refractivity contribution in [3.05, 3.63) is 96.1 Å². The van der Waals surface area contributed by atoms with E-state index in [0.29, 0.717) is 17.3 Å². The molecule has 3 aromatic rings. The van der Waals surface area contributed by atoms with Gasteiger partial charge in [-0.1, -0.05) is 68.4 Å². The van der Waals surface area contributed by atoms with Crippen LogP contribution in [-0.4, -0.2) is 95.7 Å². The van der Waals surface area contributed by atoms with Gasteiger partial charge in [-0.3, -0.25) is 28.8 Å². The SMILES string of the molecule is CSCC[C@@H]1NC(=O)[C@H](C(C)C)NC(=O)[C@@H](C)NC(=O)CN(C(=O)c2cccc(Oc3ccccc3)c2)C[C@@H](Cc2ccccc2)NC(=O)[C@H](C)NC1=O. The molecule has 14 heteroatoms. The van der Waals surface area contributed by atoms with Gasteiger partial charge in [-0.25, -0.2) is 0 Å². The molecule has 3 aromatic carbocycles. The van der Waals surface area contributed by atoms with Gasteiger partial charge in [-0.05, 0) is 80.5 Å². The minimum absolute atomic E-state index is 0.0975. The summed E-state index contributed by atoms with van der Waals surface area (Å²) in [5.74, 6) is -2.25. The minimum Gasteiger partial charge on any atom is -0.457 e. The van der Waals surface area contributed by atoms with Gasteiger partial charge in [-0.2, -0.15) is 11.8 Å². The van der Waals surface area contributed by atoms with Gasteiger partial charge in [0, 0.05) is 12.1 Å². The van der Waals surface area contributed by atoms with Crippen LogP contribution >= 0.6 is 11.8 Å². The summed E-state index contributed by atoms with van der Waals surface area (Å²) in [4.78, 5) is 83.3. The first-order valence-corrected chi connectivity index (χ1v) is 19.4. The van der Waals surface area contributed by atoms with Gasteiger partial charge in [0.2, 0.25) is 29.5 Å². The van der Waals surface area contributed by atoms with E-state index in [9.17, 15) is 28.8 Å². The number of ether oxygens (including phenoxy) is 1. The van der Waals surface area contributed by atoms with E-state index in [2.05, 4.69) is 26.6 Å². The largest absolute Gasteiger partial charge is 0.457 e. The van der Waals surface area contributed by atoms with Crippen LogP contribution in [-0.2, 0) is 30.4 Å². The Hall–Kier alpha value is -5.37. The summed E-state index contributed by atoms with van der Waals surface area (Å²) >= 11 is 1.50. The van der Waals surface area contributed by atoms with Crippen molar-refractivity contribution in [2.45, 2.75) is 70.7 Å². The molecule has 13 nitrogen and oxygen atoms in total. The highest BCUT2D eigenvalue weighted by molar-refractivity contribution is 7.98. The standard InChI is InChI=1S/C40H50N6O7S/c1-25(2)35-39(51)44-33(19-20-54-5)38(50)42-27(4)36(48)43-30(21-28-13-8-6-9-14-28)23-46(24-34(47)41-26(3)37(49)45-35)40(52)29-15-12-18-32(22-29)53-31-16-10-7-11-17-31/h6-18,22,25-27,30,33,35H,19-21,23-24H2,1-5H3,(H,41,47)(H,42,50)(H,43,48)(H,44,51)(H,45,49)/t26-,27+,30-,33+,35+/m1/s1. The van der Waals surface area contributed by atoms with E-state index < -0.39 is 72.2 Å². The highest BCUT2D eigenvalue weighted by Gasteiger charge is 2.33. The first-order chi connectivity index (χ1) is 25.8. The molecule has 1 aliphatic heterocycles. The van der Waals surface area contributed by atoms with Crippen LogP contribution in [0.2, 0.25) is 0 Å². The van der Waals surface area contributed by atoms with Crippen LogP contribution in [0.4, 0.5) is 0 Å². The maximum atomic E-state index is 14.3. The number of nitrogens with one attached hydrogen (secondary N) is 5. The fourth-order valence-electron chi connectivity index (χ4n) is 5.86. The Kier molecular flexibility index (Phi) is 15.5. The summed E-state index contributed by atoms with van der Waals surface area (Å²) in [6, 6.07) is 20.2. The molecular formula is C40H50N6O7S. The molecule has 1 fully saturated rings. The van der Waals surface area contributed by atoms with Crippen molar-refractivity contribution in [2.24, 2.45) is 5.92 Å². The highest BCUT2D eigenvalue weighted by Crippen LogP contribution is 2.23. The van der Waals surface area contributed by atoms with Gasteiger partial charge in [0.15, 0.2) is 0 Å². The number of carbonyl (C=O) groups is 6. The van der Waals surface area contributed by atoms with Crippen LogP contribution in [0.1, 0.15) is 50.0 Å². The summed E-state index contributed by atoms with van der Waals surface area (Å²) in [5.41, 5.74) is 1.10. The lowest BCUT2D eigenvalue weighted by Crippen LogP contribution is -2.60. The third-order valence-electron chi connectivity index (χ3n) is 8.81. The zero-order valence-corrected chi connectivity index (χ0v) is 32.1. The maximum absolute atomic E-state index is 14.3. The summed E-state index contributed by atoms with van der Waals surface area (Å²) in [6.07, 6.45) is 2.45. The van der Waals surface area contributed by atoms with Crippen molar-refractivity contribution < 1.29 is 33.5 Å². The molecule has 0 bridgehead atoms. The normalized spacial score (nSPS) is 22.1. The minimum atomic E-state index is -1.08. The second-order valence-corrected chi connectivity index (χ2v) is 14.6. The monoisotopic (exact) mass is 758 g/mol. The quantitative estimate of drug-likeness (QED) is 0.222. The third-order valence-corrected chi connectivity index (χ3v) is 9.45. The second-order valence-electron chi connectivity index (χ2n) is 13.6. The van der Waals surface area contributed by atoms with Crippen LogP contribution in [0.15, 0.2) is 84.9 Å². The molecular weight excluding hydrogens is 709 g/mol. The van der Waals surface area contributed by atoms with Crippen LogP contribution in [0.5, 0.6) is 11.5 Å². The van der Waals surface area contributed by atoms with E-state index in [1.807, 2.05) is 54.8 Å². The predicted octanol–water partition coefficient (Wildman–Crippen LogP) is 3.05. The van der Waals surface area contributed by atoms with Gasteiger partial charge in [0.25, 0.3) is 5.91 Å². The molecule has 6 amide bonds. The third kappa shape index (κ3) is 12.4. The number of para-hydroxylation sites is 1. The average molecular weight is 759 g/mol. The van der Waals surface area contributed by atoms with E-state index in [0.717, 1.165) is 5.56 Å². The zero-order valence-electron chi connectivity index (χ0n) is 31.3. The lowest BCUT2D eigenvalue weighted by molar-refractivity contribution is -0.135. The fourth-order valence-corrected chi connectivity index (χ4v) is 6.33. The smallest absolute Gasteiger partial charge is 0.254 e. The Morgan fingerprint density at radius 1 is 0.759 bits per heavy atom. The summed E-state index contributed by atoms with van der Waals surface area (Å²) in [5, 5.41) is 13.8. The Balaban J connectivity index is 1.70. The Labute approximate surface area is 320 Å². The number of hydrogen-bond donors (Lipinski definition) is 5. The van der Waals surface area contributed by atoms with Crippen LogP contribution in [0, 0.1) is 5.92 Å². The Bertz CT molecular complexity index is 1760. The van der Waals surface area contributed by atoms with Crippen molar-refractivity contribution in [1.29, 1.82) is 0 Å². The lowest BCUT2D eigenvalue weighted by atomic mass is 10.0. The molecule has 5 N–H and O–H groups in total. The van der Waals surface area contributed by atoms with Crippen molar-refractivity contribution in [3.63, 3.8) is 0 Å². The van der Waals surface area contributed by atoms with Gasteiger partial charge in [0.1, 0.15) is 35.7 Å². The van der Waals surface area contributed by atoms with Gasteiger partial charge >= 0.3 is 0 Å². The second kappa shape index (κ2) is 20.2. The van der Waals surface area contributed by atoms with Crippen LogP contribution in [0.3, 0.4) is 0 Å². The molecule has 0 saturated carbocycles. The molecule has 1 heterocycles. The van der Waals surface area contributed by atoms with Gasteiger partial charge in [-0.15, -0.1) is 0 Å². The van der Waals surface area contributed by atoms with E-state index in [1.54, 1.807) is 50.2 Å². The summed E-state index contributed by atoms with van der Waals surface area (Å²) in [6.45, 7) is 5.95. The number of nitrogens with zero attached hydrogens (tertiary/aromatic N) is 1. The molecule has 1 aliphatic rings. The zero-order chi connectivity index (χ0) is 39.2. The average Bonchev–Trinajstić information content (AvgIpc) is 3.14. The molecule has 1 saturated heterocycles. The van der Waals surface area contributed by atoms with Crippen LogP contribution < -0.4 is 31.3 Å². The van der Waals surface area contributed by atoms with Crippen molar-refractivity contribution >= 4 is 47.2 Å².